The molecule has 0 saturated heterocycles. The number of carbonyl (C=O) groups excluding carboxylic acids is 1. The molecule has 0 fully saturated rings. The van der Waals surface area contributed by atoms with Gasteiger partial charge in [-0.25, -0.2) is 0 Å². The lowest BCUT2D eigenvalue weighted by Gasteiger charge is -2.26. The standard InChI is InChI=1S/C23H20N2O/c1-16-12-14-19(15-13-16)25-22(18-10-6-3-7-11-18)21(24)20(23(25)26)17-8-4-2-5-9-17/h2-15,22H,24H2,1H3. The predicted molar refractivity (Wildman–Crippen MR) is 105 cm³/mol. The molecular weight excluding hydrogens is 320 g/mol. The highest BCUT2D eigenvalue weighted by molar-refractivity contribution is 6.30. The molecule has 1 aliphatic heterocycles. The monoisotopic (exact) mass is 340 g/mol. The number of carbonyl (C=O) groups is 1. The second-order valence-corrected chi connectivity index (χ2v) is 6.52. The van der Waals surface area contributed by atoms with Crippen LogP contribution in [0.25, 0.3) is 5.57 Å². The van der Waals surface area contributed by atoms with Crippen molar-refractivity contribution < 1.29 is 4.79 Å². The lowest BCUT2D eigenvalue weighted by molar-refractivity contribution is -0.113. The van der Waals surface area contributed by atoms with Crippen molar-refractivity contribution >= 4 is 17.2 Å². The molecule has 3 aromatic rings. The Balaban J connectivity index is 1.88. The molecule has 0 aliphatic carbocycles. The van der Waals surface area contributed by atoms with Gasteiger partial charge in [0.05, 0.1) is 5.57 Å². The van der Waals surface area contributed by atoms with E-state index < -0.39 is 0 Å². The Morgan fingerprint density at radius 3 is 2.00 bits per heavy atom. The normalized spacial score (nSPS) is 17.0. The number of nitrogens with two attached hydrogens (primary N) is 1. The van der Waals surface area contributed by atoms with Crippen molar-refractivity contribution in [3.05, 3.63) is 107 Å². The summed E-state index contributed by atoms with van der Waals surface area (Å²) in [6.45, 7) is 2.03. The number of rotatable bonds is 3. The third-order valence-corrected chi connectivity index (χ3v) is 4.76. The first kappa shape index (κ1) is 16.2. The number of hydrogen-bond donors (Lipinski definition) is 1. The summed E-state index contributed by atoms with van der Waals surface area (Å²) in [4.78, 5) is 15.2. The molecular formula is C23H20N2O. The molecule has 1 heterocycles. The van der Waals surface area contributed by atoms with E-state index in [0.717, 1.165) is 22.4 Å². The molecule has 1 aliphatic rings. The van der Waals surface area contributed by atoms with Crippen molar-refractivity contribution in [2.24, 2.45) is 5.73 Å². The second-order valence-electron chi connectivity index (χ2n) is 6.52. The van der Waals surface area contributed by atoms with Gasteiger partial charge in [0.2, 0.25) is 0 Å². The summed E-state index contributed by atoms with van der Waals surface area (Å²) in [5.41, 5.74) is 11.6. The van der Waals surface area contributed by atoms with Crippen LogP contribution in [0.2, 0.25) is 0 Å². The molecule has 2 N–H and O–H groups in total. The van der Waals surface area contributed by atoms with E-state index in [4.69, 9.17) is 5.73 Å². The van der Waals surface area contributed by atoms with Crippen LogP contribution < -0.4 is 10.6 Å². The van der Waals surface area contributed by atoms with Crippen LogP contribution in [0, 0.1) is 6.92 Å². The fraction of sp³-hybridized carbons (Fsp3) is 0.0870. The molecule has 128 valence electrons. The number of aryl methyl sites for hydroxylation is 1. The van der Waals surface area contributed by atoms with E-state index >= 15 is 0 Å². The van der Waals surface area contributed by atoms with Gasteiger partial charge in [0.1, 0.15) is 6.04 Å². The van der Waals surface area contributed by atoms with E-state index in [-0.39, 0.29) is 11.9 Å². The maximum atomic E-state index is 13.4. The van der Waals surface area contributed by atoms with Crippen LogP contribution in [0.4, 0.5) is 5.69 Å². The van der Waals surface area contributed by atoms with Crippen LogP contribution in [0.15, 0.2) is 90.6 Å². The van der Waals surface area contributed by atoms with Gasteiger partial charge in [0.15, 0.2) is 0 Å². The van der Waals surface area contributed by atoms with Gasteiger partial charge >= 0.3 is 0 Å². The van der Waals surface area contributed by atoms with Gasteiger partial charge < -0.3 is 5.73 Å². The SMILES string of the molecule is Cc1ccc(N2C(=O)C(c3ccccc3)=C(N)C2c2ccccc2)cc1. The summed E-state index contributed by atoms with van der Waals surface area (Å²) < 4.78 is 0. The number of anilines is 1. The quantitative estimate of drug-likeness (QED) is 0.765. The molecule has 0 saturated carbocycles. The summed E-state index contributed by atoms with van der Waals surface area (Å²) >= 11 is 0. The minimum atomic E-state index is -0.304. The van der Waals surface area contributed by atoms with Gasteiger partial charge in [-0.2, -0.15) is 0 Å². The lowest BCUT2D eigenvalue weighted by atomic mass is 10.00. The van der Waals surface area contributed by atoms with Crippen molar-refractivity contribution in [1.29, 1.82) is 0 Å². The van der Waals surface area contributed by atoms with E-state index in [0.29, 0.717) is 11.3 Å². The molecule has 4 rings (SSSR count). The molecule has 1 unspecified atom stereocenters. The molecule has 1 atom stereocenters. The summed E-state index contributed by atoms with van der Waals surface area (Å²) in [5.74, 6) is -0.0635. The van der Waals surface area contributed by atoms with Gasteiger partial charge in [0.25, 0.3) is 5.91 Å². The number of amides is 1. The van der Waals surface area contributed by atoms with Gasteiger partial charge in [-0.15, -0.1) is 0 Å². The van der Waals surface area contributed by atoms with Crippen molar-refractivity contribution in [2.75, 3.05) is 4.90 Å². The molecule has 3 heteroatoms. The average Bonchev–Trinajstić information content (AvgIpc) is 2.94. The fourth-order valence-electron chi connectivity index (χ4n) is 3.47. The minimum Gasteiger partial charge on any atom is -0.399 e. The zero-order chi connectivity index (χ0) is 18.1. The Bertz CT molecular complexity index is 960. The average molecular weight is 340 g/mol. The van der Waals surface area contributed by atoms with E-state index in [2.05, 4.69) is 0 Å². The first-order valence-electron chi connectivity index (χ1n) is 8.67. The first-order chi connectivity index (χ1) is 12.7. The third kappa shape index (κ3) is 2.68. The van der Waals surface area contributed by atoms with Crippen LogP contribution >= 0.6 is 0 Å². The van der Waals surface area contributed by atoms with Crippen molar-refractivity contribution in [2.45, 2.75) is 13.0 Å². The molecule has 1 amide bonds. The maximum Gasteiger partial charge on any atom is 0.261 e. The highest BCUT2D eigenvalue weighted by Gasteiger charge is 2.40. The van der Waals surface area contributed by atoms with Crippen molar-refractivity contribution in [3.63, 3.8) is 0 Å². The van der Waals surface area contributed by atoms with Crippen molar-refractivity contribution in [1.82, 2.24) is 0 Å². The maximum absolute atomic E-state index is 13.4. The zero-order valence-corrected chi connectivity index (χ0v) is 14.6. The van der Waals surface area contributed by atoms with Gasteiger partial charge in [-0.3, -0.25) is 9.69 Å². The van der Waals surface area contributed by atoms with Gasteiger partial charge in [0, 0.05) is 11.4 Å². The second kappa shape index (κ2) is 6.52. The number of nitrogens with zero attached hydrogens (tertiary/aromatic N) is 1. The molecule has 0 spiro atoms. The Morgan fingerprint density at radius 2 is 1.38 bits per heavy atom. The molecule has 0 radical (unpaired) electrons. The Hall–Kier alpha value is -3.33. The molecule has 0 aromatic heterocycles. The number of benzene rings is 3. The molecule has 26 heavy (non-hydrogen) atoms. The summed E-state index contributed by atoms with van der Waals surface area (Å²) in [6.07, 6.45) is 0. The summed E-state index contributed by atoms with van der Waals surface area (Å²) in [5, 5.41) is 0. The smallest absolute Gasteiger partial charge is 0.261 e. The minimum absolute atomic E-state index is 0.0635. The van der Waals surface area contributed by atoms with E-state index in [1.54, 1.807) is 4.90 Å². The van der Waals surface area contributed by atoms with Crippen LogP contribution in [-0.2, 0) is 4.79 Å². The Morgan fingerprint density at radius 1 is 0.808 bits per heavy atom. The number of hydrogen-bond acceptors (Lipinski definition) is 2. The third-order valence-electron chi connectivity index (χ3n) is 4.76. The van der Waals surface area contributed by atoms with Crippen LogP contribution in [-0.4, -0.2) is 5.91 Å². The summed E-state index contributed by atoms with van der Waals surface area (Å²) in [7, 11) is 0. The molecule has 3 aromatic carbocycles. The van der Waals surface area contributed by atoms with Gasteiger partial charge in [-0.1, -0.05) is 78.4 Å². The van der Waals surface area contributed by atoms with E-state index in [1.165, 1.54) is 0 Å². The van der Waals surface area contributed by atoms with Crippen LogP contribution in [0.5, 0.6) is 0 Å². The molecule has 3 nitrogen and oxygen atoms in total. The van der Waals surface area contributed by atoms with E-state index in [9.17, 15) is 4.79 Å². The Kier molecular flexibility index (Phi) is 4.05. The van der Waals surface area contributed by atoms with Crippen LogP contribution in [0.3, 0.4) is 0 Å². The van der Waals surface area contributed by atoms with Crippen molar-refractivity contribution in [3.8, 4) is 0 Å². The zero-order valence-electron chi connectivity index (χ0n) is 14.6. The predicted octanol–water partition coefficient (Wildman–Crippen LogP) is 4.45. The van der Waals surface area contributed by atoms with E-state index in [1.807, 2.05) is 91.9 Å². The largest absolute Gasteiger partial charge is 0.399 e. The fourth-order valence-corrected chi connectivity index (χ4v) is 3.47. The highest BCUT2D eigenvalue weighted by Crippen LogP contribution is 2.42. The highest BCUT2D eigenvalue weighted by atomic mass is 16.2. The topological polar surface area (TPSA) is 46.3 Å². The van der Waals surface area contributed by atoms with Gasteiger partial charge in [-0.05, 0) is 30.2 Å². The molecule has 0 bridgehead atoms. The van der Waals surface area contributed by atoms with Crippen LogP contribution in [0.1, 0.15) is 22.7 Å². The summed E-state index contributed by atoms with van der Waals surface area (Å²) in [6, 6.07) is 27.3. The first-order valence-corrected chi connectivity index (χ1v) is 8.67. The lowest BCUT2D eigenvalue weighted by Crippen LogP contribution is -2.30. The Labute approximate surface area is 153 Å².